The second-order valence-electron chi connectivity index (χ2n) is 5.41. The van der Waals surface area contributed by atoms with Gasteiger partial charge in [0, 0.05) is 32.2 Å². The van der Waals surface area contributed by atoms with Crippen LogP contribution < -0.4 is 10.1 Å². The van der Waals surface area contributed by atoms with Crippen molar-refractivity contribution in [2.45, 2.75) is 25.2 Å². The molecule has 1 fully saturated rings. The van der Waals surface area contributed by atoms with E-state index in [4.69, 9.17) is 0 Å². The Balaban J connectivity index is 0.00000288. The van der Waals surface area contributed by atoms with Gasteiger partial charge in [-0.25, -0.2) is 4.39 Å². The van der Waals surface area contributed by atoms with Crippen LogP contribution in [0.15, 0.2) is 30.9 Å². The summed E-state index contributed by atoms with van der Waals surface area (Å²) in [6, 6.07) is 3.63. The van der Waals surface area contributed by atoms with E-state index in [1.54, 1.807) is 6.08 Å². The summed E-state index contributed by atoms with van der Waals surface area (Å²) in [7, 11) is 0. The van der Waals surface area contributed by atoms with Gasteiger partial charge in [-0.3, -0.25) is 4.90 Å². The minimum atomic E-state index is -4.90. The van der Waals surface area contributed by atoms with Crippen molar-refractivity contribution >= 4 is 24.8 Å². The van der Waals surface area contributed by atoms with Crippen molar-refractivity contribution in [3.63, 3.8) is 0 Å². The van der Waals surface area contributed by atoms with Crippen molar-refractivity contribution < 1.29 is 22.3 Å². The summed E-state index contributed by atoms with van der Waals surface area (Å²) < 4.78 is 54.3. The molecule has 0 bridgehead atoms. The summed E-state index contributed by atoms with van der Waals surface area (Å²) in [5.41, 5.74) is 0.653. The Hall–Kier alpha value is -1.02. The highest BCUT2D eigenvalue weighted by Gasteiger charge is 2.32. The van der Waals surface area contributed by atoms with E-state index in [-0.39, 0.29) is 30.9 Å². The van der Waals surface area contributed by atoms with Crippen molar-refractivity contribution in [3.8, 4) is 5.75 Å². The maximum Gasteiger partial charge on any atom is 0.573 e. The van der Waals surface area contributed by atoms with Gasteiger partial charge >= 0.3 is 6.36 Å². The first kappa shape index (κ1) is 24.0. The van der Waals surface area contributed by atoms with Crippen molar-refractivity contribution in [1.29, 1.82) is 0 Å². The molecule has 1 saturated heterocycles. The Morgan fingerprint density at radius 2 is 1.88 bits per heavy atom. The molecule has 0 aliphatic carbocycles. The quantitative estimate of drug-likeness (QED) is 0.558. The molecule has 1 aliphatic heterocycles. The topological polar surface area (TPSA) is 24.5 Å². The Morgan fingerprint density at radius 3 is 2.40 bits per heavy atom. The molecule has 2 rings (SSSR count). The molecule has 1 atom stereocenters. The molecule has 1 aromatic carbocycles. The predicted octanol–water partition coefficient (Wildman–Crippen LogP) is 4.48. The summed E-state index contributed by atoms with van der Waals surface area (Å²) in [5, 5.41) is 3.24. The van der Waals surface area contributed by atoms with Gasteiger partial charge in [-0.2, -0.15) is 0 Å². The number of hydrogen-bond acceptors (Lipinski definition) is 3. The van der Waals surface area contributed by atoms with Crippen LogP contribution >= 0.6 is 24.8 Å². The maximum atomic E-state index is 14.0. The maximum absolute atomic E-state index is 14.0. The first-order chi connectivity index (χ1) is 10.9. The molecular formula is C16H22Cl2F4N2O. The highest BCUT2D eigenvalue weighted by molar-refractivity contribution is 5.85. The predicted molar refractivity (Wildman–Crippen MR) is 94.2 cm³/mol. The van der Waals surface area contributed by atoms with Gasteiger partial charge in [0.2, 0.25) is 0 Å². The Kier molecular flexibility index (Phi) is 10.4. The molecule has 3 nitrogen and oxygen atoms in total. The number of nitrogens with one attached hydrogen (secondary N) is 1. The molecule has 0 unspecified atom stereocenters. The van der Waals surface area contributed by atoms with Gasteiger partial charge in [-0.15, -0.1) is 44.6 Å². The number of benzene rings is 1. The molecule has 0 spiro atoms. The molecule has 0 radical (unpaired) electrons. The largest absolute Gasteiger partial charge is 0.573 e. The van der Waals surface area contributed by atoms with Crippen molar-refractivity contribution in [3.05, 3.63) is 42.2 Å². The van der Waals surface area contributed by atoms with Crippen LogP contribution in [0.25, 0.3) is 0 Å². The van der Waals surface area contributed by atoms with E-state index in [0.717, 1.165) is 51.2 Å². The highest BCUT2D eigenvalue weighted by Crippen LogP contribution is 2.31. The normalized spacial score (nSPS) is 16.3. The fourth-order valence-corrected chi connectivity index (χ4v) is 2.76. The lowest BCUT2D eigenvalue weighted by atomic mass is 9.99. The molecule has 144 valence electrons. The van der Waals surface area contributed by atoms with Crippen LogP contribution in [0.3, 0.4) is 0 Å². The monoisotopic (exact) mass is 404 g/mol. The number of rotatable bonds is 6. The average molecular weight is 405 g/mol. The second kappa shape index (κ2) is 10.9. The molecular weight excluding hydrogens is 383 g/mol. The zero-order valence-electron chi connectivity index (χ0n) is 13.5. The zero-order chi connectivity index (χ0) is 16.9. The van der Waals surface area contributed by atoms with Crippen LogP contribution in [0.2, 0.25) is 0 Å². The van der Waals surface area contributed by atoms with Crippen LogP contribution in [-0.4, -0.2) is 37.4 Å². The summed E-state index contributed by atoms with van der Waals surface area (Å²) in [4.78, 5) is 2.21. The molecule has 0 saturated carbocycles. The highest BCUT2D eigenvalue weighted by atomic mass is 35.5. The summed E-state index contributed by atoms with van der Waals surface area (Å²) in [6.07, 6.45) is -1.63. The first-order valence-electron chi connectivity index (χ1n) is 7.51. The second-order valence-corrected chi connectivity index (χ2v) is 5.41. The van der Waals surface area contributed by atoms with Crippen LogP contribution in [0, 0.1) is 5.82 Å². The summed E-state index contributed by atoms with van der Waals surface area (Å²) in [6.45, 7) is 6.98. The minimum absolute atomic E-state index is 0. The Morgan fingerprint density at radius 1 is 1.24 bits per heavy atom. The SMILES string of the molecule is C=CCC[C@@H](c1ccc(OC(F)(F)F)c(F)c1)N1CCNCC1.Cl.Cl. The van der Waals surface area contributed by atoms with Gasteiger partial charge in [0.25, 0.3) is 0 Å². The van der Waals surface area contributed by atoms with E-state index in [1.807, 2.05) is 0 Å². The van der Waals surface area contributed by atoms with Gasteiger partial charge in [-0.05, 0) is 30.5 Å². The van der Waals surface area contributed by atoms with Crippen molar-refractivity contribution in [2.24, 2.45) is 0 Å². The smallest absolute Gasteiger partial charge is 0.403 e. The summed E-state index contributed by atoms with van der Waals surface area (Å²) >= 11 is 0. The van der Waals surface area contributed by atoms with Crippen LogP contribution in [0.5, 0.6) is 5.75 Å². The van der Waals surface area contributed by atoms with Gasteiger partial charge in [0.05, 0.1) is 0 Å². The third-order valence-electron chi connectivity index (χ3n) is 3.80. The van der Waals surface area contributed by atoms with Crippen LogP contribution in [0.4, 0.5) is 17.6 Å². The van der Waals surface area contributed by atoms with Gasteiger partial charge in [-0.1, -0.05) is 12.1 Å². The number of halogens is 6. The molecule has 1 aromatic rings. The lowest BCUT2D eigenvalue weighted by molar-refractivity contribution is -0.275. The molecule has 9 heteroatoms. The van der Waals surface area contributed by atoms with E-state index in [2.05, 4.69) is 21.5 Å². The molecule has 0 aromatic heterocycles. The number of hydrogen-bond donors (Lipinski definition) is 1. The number of piperazine rings is 1. The van der Waals surface area contributed by atoms with Crippen LogP contribution in [0.1, 0.15) is 24.4 Å². The minimum Gasteiger partial charge on any atom is -0.403 e. The van der Waals surface area contributed by atoms with E-state index in [9.17, 15) is 17.6 Å². The lowest BCUT2D eigenvalue weighted by Gasteiger charge is -2.35. The van der Waals surface area contributed by atoms with Crippen molar-refractivity contribution in [2.75, 3.05) is 26.2 Å². The number of nitrogens with zero attached hydrogens (tertiary/aromatic N) is 1. The van der Waals surface area contributed by atoms with E-state index < -0.39 is 17.9 Å². The summed E-state index contributed by atoms with van der Waals surface area (Å²) in [5.74, 6) is -1.80. The van der Waals surface area contributed by atoms with E-state index in [0.29, 0.717) is 5.56 Å². The first-order valence-corrected chi connectivity index (χ1v) is 7.51. The third kappa shape index (κ3) is 7.40. The van der Waals surface area contributed by atoms with Crippen molar-refractivity contribution in [1.82, 2.24) is 10.2 Å². The van der Waals surface area contributed by atoms with Crippen LogP contribution in [-0.2, 0) is 0 Å². The number of ether oxygens (including phenoxy) is 1. The number of alkyl halides is 3. The van der Waals surface area contributed by atoms with Gasteiger partial charge in [0.1, 0.15) is 0 Å². The molecule has 25 heavy (non-hydrogen) atoms. The van der Waals surface area contributed by atoms with E-state index >= 15 is 0 Å². The standard InChI is InChI=1S/C16H20F4N2O.2ClH/c1-2-3-4-14(22-9-7-21-8-10-22)12-5-6-15(13(17)11-12)23-16(18,19)20;;/h2,5-6,11,14,21H,1,3-4,7-10H2;2*1H/t14-;;/m0../s1. The fraction of sp³-hybridized carbons (Fsp3) is 0.500. The molecule has 1 aliphatic rings. The van der Waals surface area contributed by atoms with Gasteiger partial charge < -0.3 is 10.1 Å². The Labute approximate surface area is 157 Å². The lowest BCUT2D eigenvalue weighted by Crippen LogP contribution is -2.45. The molecule has 1 heterocycles. The fourth-order valence-electron chi connectivity index (χ4n) is 2.76. The molecule has 1 N–H and O–H groups in total. The third-order valence-corrected chi connectivity index (χ3v) is 3.80. The van der Waals surface area contributed by atoms with E-state index in [1.165, 1.54) is 6.07 Å². The zero-order valence-corrected chi connectivity index (χ0v) is 15.2. The molecule has 0 amide bonds. The Bertz CT molecular complexity index is 537. The average Bonchev–Trinajstić information content (AvgIpc) is 2.50. The number of allylic oxidation sites excluding steroid dienone is 1. The van der Waals surface area contributed by atoms with Gasteiger partial charge in [0.15, 0.2) is 11.6 Å².